The van der Waals surface area contributed by atoms with Gasteiger partial charge in [-0.1, -0.05) is 0 Å². The van der Waals surface area contributed by atoms with Gasteiger partial charge in [-0.2, -0.15) is 10.5 Å². The summed E-state index contributed by atoms with van der Waals surface area (Å²) in [5.74, 6) is -0.129. The smallest absolute Gasteiger partial charge is 0.284 e. The molecule has 82 valence electrons. The Kier molecular flexibility index (Phi) is 3.73. The first-order valence-electron chi connectivity index (χ1n) is 4.27. The van der Waals surface area contributed by atoms with Crippen LogP contribution in [0.15, 0.2) is 6.07 Å². The summed E-state index contributed by atoms with van der Waals surface area (Å²) >= 11 is 0. The second-order valence-electron chi connectivity index (χ2n) is 2.83. The quantitative estimate of drug-likeness (QED) is 0.785. The van der Waals surface area contributed by atoms with E-state index in [2.05, 4.69) is 4.98 Å². The summed E-state index contributed by atoms with van der Waals surface area (Å²) in [6.45, 7) is 0. The number of hydrogen-bond donors (Lipinski definition) is 0. The SMILES string of the molecule is COc1c(CC#N)cc(C#N)nc1C(F)F. The molecule has 0 N–H and O–H groups in total. The van der Waals surface area contributed by atoms with Crippen molar-refractivity contribution in [3.8, 4) is 17.9 Å². The predicted octanol–water partition coefficient (Wildman–Crippen LogP) is 1.97. The van der Waals surface area contributed by atoms with Gasteiger partial charge in [-0.25, -0.2) is 13.8 Å². The van der Waals surface area contributed by atoms with Crippen molar-refractivity contribution in [2.75, 3.05) is 7.11 Å². The third-order valence-electron chi connectivity index (χ3n) is 1.87. The first kappa shape index (κ1) is 11.9. The molecular weight excluding hydrogens is 216 g/mol. The first-order valence-corrected chi connectivity index (χ1v) is 4.27. The van der Waals surface area contributed by atoms with Gasteiger partial charge in [-0.3, -0.25) is 0 Å². The Morgan fingerprint density at radius 3 is 2.62 bits per heavy atom. The van der Waals surface area contributed by atoms with E-state index in [0.717, 1.165) is 0 Å². The molecule has 0 aliphatic carbocycles. The number of halogens is 2. The van der Waals surface area contributed by atoms with E-state index in [9.17, 15) is 8.78 Å². The Bertz CT molecular complexity index is 474. The van der Waals surface area contributed by atoms with Crippen LogP contribution in [0.25, 0.3) is 0 Å². The lowest BCUT2D eigenvalue weighted by molar-refractivity contribution is 0.141. The van der Waals surface area contributed by atoms with Crippen molar-refractivity contribution in [3.05, 3.63) is 23.0 Å². The maximum atomic E-state index is 12.6. The Balaban J connectivity index is 3.42. The van der Waals surface area contributed by atoms with Crippen LogP contribution in [0, 0.1) is 22.7 Å². The van der Waals surface area contributed by atoms with Crippen molar-refractivity contribution in [3.63, 3.8) is 0 Å². The van der Waals surface area contributed by atoms with E-state index in [-0.39, 0.29) is 23.4 Å². The molecule has 0 amide bonds. The molecule has 0 bridgehead atoms. The van der Waals surface area contributed by atoms with Gasteiger partial charge in [0.1, 0.15) is 17.5 Å². The molecule has 0 fully saturated rings. The molecule has 0 saturated heterocycles. The van der Waals surface area contributed by atoms with Gasteiger partial charge in [-0.05, 0) is 6.07 Å². The van der Waals surface area contributed by atoms with Crippen LogP contribution in [0.1, 0.15) is 23.4 Å². The van der Waals surface area contributed by atoms with Gasteiger partial charge in [0.25, 0.3) is 6.43 Å². The van der Waals surface area contributed by atoms with Crippen LogP contribution in [-0.4, -0.2) is 12.1 Å². The molecule has 0 unspecified atom stereocenters. The zero-order valence-electron chi connectivity index (χ0n) is 8.37. The number of nitriles is 2. The second kappa shape index (κ2) is 5.04. The molecule has 0 aliphatic heterocycles. The summed E-state index contributed by atoms with van der Waals surface area (Å²) in [7, 11) is 1.22. The minimum absolute atomic E-state index is 0.111. The minimum Gasteiger partial charge on any atom is -0.494 e. The summed E-state index contributed by atoms with van der Waals surface area (Å²) in [6.07, 6.45) is -2.96. The summed E-state index contributed by atoms with van der Waals surface area (Å²) in [5, 5.41) is 17.2. The standard InChI is InChI=1S/C10H7F2N3O/c1-16-9-6(2-3-13)4-7(5-14)15-8(9)10(11)12/h4,10H,2H2,1H3. The Morgan fingerprint density at radius 2 is 2.19 bits per heavy atom. The lowest BCUT2D eigenvalue weighted by Gasteiger charge is -2.10. The molecule has 0 saturated carbocycles. The molecule has 0 spiro atoms. The highest BCUT2D eigenvalue weighted by Crippen LogP contribution is 2.31. The van der Waals surface area contributed by atoms with E-state index in [4.69, 9.17) is 15.3 Å². The topological polar surface area (TPSA) is 69.7 Å². The van der Waals surface area contributed by atoms with Crippen molar-refractivity contribution in [1.82, 2.24) is 4.98 Å². The molecule has 1 rings (SSSR count). The van der Waals surface area contributed by atoms with Gasteiger partial charge < -0.3 is 4.74 Å². The average Bonchev–Trinajstić information content (AvgIpc) is 2.28. The minimum atomic E-state index is -2.85. The van der Waals surface area contributed by atoms with Crippen molar-refractivity contribution in [2.45, 2.75) is 12.8 Å². The highest BCUT2D eigenvalue weighted by Gasteiger charge is 2.20. The molecule has 4 nitrogen and oxygen atoms in total. The molecule has 16 heavy (non-hydrogen) atoms. The normalized spacial score (nSPS) is 9.62. The van der Waals surface area contributed by atoms with Crippen molar-refractivity contribution in [1.29, 1.82) is 10.5 Å². The van der Waals surface area contributed by atoms with E-state index in [1.165, 1.54) is 13.2 Å². The summed E-state index contributed by atoms with van der Waals surface area (Å²) in [5.41, 5.74) is -0.514. The number of nitrogens with zero attached hydrogens (tertiary/aromatic N) is 3. The maximum Gasteiger partial charge on any atom is 0.284 e. The molecule has 0 aromatic carbocycles. The summed E-state index contributed by atoms with van der Waals surface area (Å²) in [4.78, 5) is 3.46. The Labute approximate surface area is 90.7 Å². The summed E-state index contributed by atoms with van der Waals surface area (Å²) < 4.78 is 30.0. The fraction of sp³-hybridized carbons (Fsp3) is 0.300. The lowest BCUT2D eigenvalue weighted by atomic mass is 10.1. The Morgan fingerprint density at radius 1 is 1.50 bits per heavy atom. The van der Waals surface area contributed by atoms with Crippen molar-refractivity contribution >= 4 is 0 Å². The van der Waals surface area contributed by atoms with E-state index in [1.54, 1.807) is 6.07 Å². The predicted molar refractivity (Wildman–Crippen MR) is 49.8 cm³/mol. The third kappa shape index (κ3) is 2.23. The lowest BCUT2D eigenvalue weighted by Crippen LogP contribution is -2.03. The molecule has 0 radical (unpaired) electrons. The van der Waals surface area contributed by atoms with Crippen LogP contribution < -0.4 is 4.74 Å². The number of ether oxygens (including phenoxy) is 1. The highest BCUT2D eigenvalue weighted by molar-refractivity contribution is 5.43. The molecule has 0 atom stereocenters. The molecular formula is C10H7F2N3O. The van der Waals surface area contributed by atoms with Crippen LogP contribution in [0.2, 0.25) is 0 Å². The molecule has 1 aromatic heterocycles. The van der Waals surface area contributed by atoms with Crippen LogP contribution in [0.4, 0.5) is 8.78 Å². The van der Waals surface area contributed by atoms with Crippen molar-refractivity contribution < 1.29 is 13.5 Å². The average molecular weight is 223 g/mol. The number of hydrogen-bond acceptors (Lipinski definition) is 4. The molecule has 0 aliphatic rings. The van der Waals surface area contributed by atoms with Crippen LogP contribution in [0.3, 0.4) is 0 Å². The monoisotopic (exact) mass is 223 g/mol. The van der Waals surface area contributed by atoms with Crippen LogP contribution in [-0.2, 0) is 6.42 Å². The number of rotatable bonds is 3. The molecule has 1 aromatic rings. The summed E-state index contributed by atoms with van der Waals surface area (Å²) in [6, 6.07) is 4.75. The number of aromatic nitrogens is 1. The van der Waals surface area contributed by atoms with Gasteiger partial charge in [-0.15, -0.1) is 0 Å². The van der Waals surface area contributed by atoms with E-state index < -0.39 is 12.1 Å². The van der Waals surface area contributed by atoms with E-state index in [0.29, 0.717) is 0 Å². The molecule has 6 heteroatoms. The highest BCUT2D eigenvalue weighted by atomic mass is 19.3. The zero-order chi connectivity index (χ0) is 12.1. The van der Waals surface area contributed by atoms with Gasteiger partial charge >= 0.3 is 0 Å². The fourth-order valence-corrected chi connectivity index (χ4v) is 1.27. The Hall–Kier alpha value is -2.21. The van der Waals surface area contributed by atoms with Gasteiger partial charge in [0.05, 0.1) is 19.6 Å². The number of pyridine rings is 1. The first-order chi connectivity index (χ1) is 7.63. The fourth-order valence-electron chi connectivity index (χ4n) is 1.27. The number of methoxy groups -OCH3 is 1. The van der Waals surface area contributed by atoms with Gasteiger partial charge in [0.15, 0.2) is 5.75 Å². The zero-order valence-corrected chi connectivity index (χ0v) is 8.37. The van der Waals surface area contributed by atoms with Crippen LogP contribution in [0.5, 0.6) is 5.75 Å². The van der Waals surface area contributed by atoms with E-state index in [1.807, 2.05) is 6.07 Å². The van der Waals surface area contributed by atoms with Gasteiger partial charge in [0.2, 0.25) is 0 Å². The second-order valence-corrected chi connectivity index (χ2v) is 2.83. The van der Waals surface area contributed by atoms with E-state index >= 15 is 0 Å². The van der Waals surface area contributed by atoms with Gasteiger partial charge in [0, 0.05) is 5.56 Å². The number of alkyl halides is 2. The largest absolute Gasteiger partial charge is 0.494 e. The molecule has 1 heterocycles. The third-order valence-corrected chi connectivity index (χ3v) is 1.87. The maximum absolute atomic E-state index is 12.6. The van der Waals surface area contributed by atoms with Crippen molar-refractivity contribution in [2.24, 2.45) is 0 Å². The van der Waals surface area contributed by atoms with Crippen LogP contribution >= 0.6 is 0 Å².